The molecule has 2 saturated heterocycles. The minimum absolute atomic E-state index is 0.118. The Morgan fingerprint density at radius 2 is 2.35 bits per heavy atom. The zero-order chi connectivity index (χ0) is 11.8. The highest BCUT2D eigenvalue weighted by atomic mass is 16.5. The summed E-state index contributed by atoms with van der Waals surface area (Å²) in [4.78, 5) is 14.0. The summed E-state index contributed by atoms with van der Waals surface area (Å²) in [6, 6.07) is 1.93. The minimum atomic E-state index is -0.118. The molecule has 0 N–H and O–H groups in total. The van der Waals surface area contributed by atoms with Crippen LogP contribution in [0.4, 0.5) is 0 Å². The van der Waals surface area contributed by atoms with Gasteiger partial charge in [0.1, 0.15) is 0 Å². The molecule has 0 spiro atoms. The van der Waals surface area contributed by atoms with E-state index in [1.165, 1.54) is 0 Å². The first-order chi connectivity index (χ1) is 8.29. The number of ether oxygens (including phenoxy) is 2. The fourth-order valence-electron chi connectivity index (χ4n) is 2.37. The number of carbonyl (C=O) groups excluding carboxylic acids is 1. The molecule has 2 bridgehead atoms. The lowest BCUT2D eigenvalue weighted by atomic mass is 9.91. The van der Waals surface area contributed by atoms with Crippen LogP contribution in [-0.2, 0) is 4.74 Å². The van der Waals surface area contributed by atoms with Crippen molar-refractivity contribution < 1.29 is 18.8 Å². The van der Waals surface area contributed by atoms with Crippen molar-refractivity contribution in [3.63, 3.8) is 0 Å². The zero-order valence-electron chi connectivity index (χ0n) is 9.59. The molecule has 2 aliphatic heterocycles. The van der Waals surface area contributed by atoms with Crippen LogP contribution in [0.1, 0.15) is 23.9 Å². The molecule has 92 valence electrons. The second-order valence-corrected chi connectivity index (χ2v) is 4.26. The molecule has 0 saturated carbocycles. The third kappa shape index (κ3) is 1.68. The maximum atomic E-state index is 12.1. The van der Waals surface area contributed by atoms with Gasteiger partial charge >= 0.3 is 0 Å². The monoisotopic (exact) mass is 238 g/mol. The van der Waals surface area contributed by atoms with Gasteiger partial charge in [-0.2, -0.15) is 0 Å². The maximum absolute atomic E-state index is 12.1. The van der Waals surface area contributed by atoms with Crippen LogP contribution in [0.15, 0.2) is 10.6 Å². The Morgan fingerprint density at radius 1 is 1.59 bits per heavy atom. The third-order valence-electron chi connectivity index (χ3n) is 3.18. The smallest absolute Gasteiger partial charge is 0.293 e. The maximum Gasteiger partial charge on any atom is 0.293 e. The summed E-state index contributed by atoms with van der Waals surface area (Å²) in [6.45, 7) is 3.60. The number of morpholine rings is 1. The predicted octanol–water partition coefficient (Wildman–Crippen LogP) is 0.687. The predicted molar refractivity (Wildman–Crippen MR) is 56.9 cm³/mol. The SMILES string of the molecule is CCOc1cc(C(=O)N2C3COCC2C3)on1. The van der Waals surface area contributed by atoms with E-state index in [0.717, 1.165) is 6.42 Å². The molecule has 0 aliphatic carbocycles. The van der Waals surface area contributed by atoms with Crippen molar-refractivity contribution in [2.75, 3.05) is 19.8 Å². The molecule has 2 unspecified atom stereocenters. The summed E-state index contributed by atoms with van der Waals surface area (Å²) in [6.07, 6.45) is 1.03. The molecule has 1 amide bonds. The van der Waals surface area contributed by atoms with Crippen molar-refractivity contribution in [1.29, 1.82) is 0 Å². The van der Waals surface area contributed by atoms with Gasteiger partial charge in [-0.3, -0.25) is 4.79 Å². The lowest BCUT2D eigenvalue weighted by Gasteiger charge is -2.51. The van der Waals surface area contributed by atoms with Crippen LogP contribution in [0.25, 0.3) is 0 Å². The Morgan fingerprint density at radius 3 is 3.00 bits per heavy atom. The molecule has 0 radical (unpaired) electrons. The molecule has 1 aromatic rings. The lowest BCUT2D eigenvalue weighted by Crippen LogP contribution is -2.65. The first-order valence-electron chi connectivity index (χ1n) is 5.79. The van der Waals surface area contributed by atoms with Crippen LogP contribution in [0.5, 0.6) is 5.88 Å². The van der Waals surface area contributed by atoms with Crippen molar-refractivity contribution in [2.45, 2.75) is 25.4 Å². The first kappa shape index (κ1) is 10.6. The second kappa shape index (κ2) is 4.03. The van der Waals surface area contributed by atoms with Crippen LogP contribution in [-0.4, -0.2) is 47.9 Å². The van der Waals surface area contributed by atoms with Gasteiger partial charge in [0.15, 0.2) is 0 Å². The van der Waals surface area contributed by atoms with Gasteiger partial charge in [-0.1, -0.05) is 0 Å². The molecule has 6 nitrogen and oxygen atoms in total. The highest BCUT2D eigenvalue weighted by molar-refractivity contribution is 5.92. The molecule has 3 rings (SSSR count). The molecular formula is C11H14N2O4. The van der Waals surface area contributed by atoms with Gasteiger partial charge < -0.3 is 18.9 Å². The Bertz CT molecular complexity index is 417. The number of aromatic nitrogens is 1. The van der Waals surface area contributed by atoms with Crippen LogP contribution in [0.2, 0.25) is 0 Å². The highest BCUT2D eigenvalue weighted by Crippen LogP contribution is 2.32. The molecular weight excluding hydrogens is 224 g/mol. The molecule has 1 aromatic heterocycles. The van der Waals surface area contributed by atoms with E-state index in [1.54, 1.807) is 6.07 Å². The van der Waals surface area contributed by atoms with Crippen molar-refractivity contribution in [2.24, 2.45) is 0 Å². The number of hydrogen-bond donors (Lipinski definition) is 0. The summed E-state index contributed by atoms with van der Waals surface area (Å²) >= 11 is 0. The quantitative estimate of drug-likeness (QED) is 0.775. The standard InChI is InChI=1S/C11H14N2O4/c1-2-16-10-4-9(17-12-10)11(14)13-7-3-8(13)6-15-5-7/h4,7-8H,2-3,5-6H2,1H3. The van der Waals surface area contributed by atoms with E-state index < -0.39 is 0 Å². The van der Waals surface area contributed by atoms with E-state index in [1.807, 2.05) is 11.8 Å². The third-order valence-corrected chi connectivity index (χ3v) is 3.18. The number of hydrogen-bond acceptors (Lipinski definition) is 5. The lowest BCUT2D eigenvalue weighted by molar-refractivity contribution is -0.105. The summed E-state index contributed by atoms with van der Waals surface area (Å²) in [5, 5.41) is 3.69. The molecule has 0 aromatic carbocycles. The van der Waals surface area contributed by atoms with Gasteiger partial charge in [0.05, 0.1) is 38.0 Å². The van der Waals surface area contributed by atoms with Crippen molar-refractivity contribution in [3.8, 4) is 5.88 Å². The van der Waals surface area contributed by atoms with E-state index in [9.17, 15) is 4.79 Å². The van der Waals surface area contributed by atoms with Crippen LogP contribution in [0, 0.1) is 0 Å². The second-order valence-electron chi connectivity index (χ2n) is 4.26. The number of nitrogens with zero attached hydrogens (tertiary/aromatic N) is 2. The van der Waals surface area contributed by atoms with Crippen LogP contribution in [0.3, 0.4) is 0 Å². The molecule has 2 aliphatic rings. The van der Waals surface area contributed by atoms with Gasteiger partial charge in [-0.25, -0.2) is 0 Å². The van der Waals surface area contributed by atoms with Gasteiger partial charge in [0, 0.05) is 0 Å². The Hall–Kier alpha value is -1.56. The summed E-state index contributed by atoms with van der Waals surface area (Å²) in [7, 11) is 0. The molecule has 3 heterocycles. The fraction of sp³-hybridized carbons (Fsp3) is 0.636. The summed E-state index contributed by atoms with van der Waals surface area (Å²) in [5.74, 6) is 0.482. The fourth-order valence-corrected chi connectivity index (χ4v) is 2.37. The van der Waals surface area contributed by atoms with E-state index in [0.29, 0.717) is 25.7 Å². The average Bonchev–Trinajstić information content (AvgIpc) is 2.79. The number of carbonyl (C=O) groups is 1. The number of fused-ring (bicyclic) bond motifs is 2. The molecule has 2 fully saturated rings. The summed E-state index contributed by atoms with van der Waals surface area (Å²) in [5.41, 5.74) is 0. The van der Waals surface area contributed by atoms with Crippen molar-refractivity contribution >= 4 is 5.91 Å². The van der Waals surface area contributed by atoms with Crippen LogP contribution >= 0.6 is 0 Å². The average molecular weight is 238 g/mol. The largest absolute Gasteiger partial charge is 0.476 e. The Balaban J connectivity index is 1.73. The van der Waals surface area contributed by atoms with E-state index in [-0.39, 0.29) is 23.8 Å². The van der Waals surface area contributed by atoms with Gasteiger partial charge in [-0.15, -0.1) is 0 Å². The minimum Gasteiger partial charge on any atom is -0.476 e. The number of rotatable bonds is 3. The molecule has 2 atom stereocenters. The zero-order valence-corrected chi connectivity index (χ0v) is 9.59. The number of amides is 1. The van der Waals surface area contributed by atoms with Gasteiger partial charge in [-0.05, 0) is 18.5 Å². The van der Waals surface area contributed by atoms with Crippen LogP contribution < -0.4 is 4.74 Å². The first-order valence-corrected chi connectivity index (χ1v) is 5.79. The normalized spacial score (nSPS) is 26.5. The van der Waals surface area contributed by atoms with Gasteiger partial charge in [0.25, 0.3) is 11.8 Å². The Labute approximate surface area is 98.5 Å². The van der Waals surface area contributed by atoms with Crippen molar-refractivity contribution in [1.82, 2.24) is 10.1 Å². The van der Waals surface area contributed by atoms with E-state index >= 15 is 0 Å². The van der Waals surface area contributed by atoms with Crippen molar-refractivity contribution in [3.05, 3.63) is 11.8 Å². The van der Waals surface area contributed by atoms with Gasteiger partial charge in [0.2, 0.25) is 5.76 Å². The Kier molecular flexibility index (Phi) is 2.51. The summed E-state index contributed by atoms with van der Waals surface area (Å²) < 4.78 is 15.5. The van der Waals surface area contributed by atoms with E-state index in [4.69, 9.17) is 14.0 Å². The topological polar surface area (TPSA) is 64.8 Å². The molecule has 6 heteroatoms. The highest BCUT2D eigenvalue weighted by Gasteiger charge is 2.46. The molecule has 17 heavy (non-hydrogen) atoms. The van der Waals surface area contributed by atoms with E-state index in [2.05, 4.69) is 5.16 Å².